The van der Waals surface area contributed by atoms with E-state index in [0.717, 1.165) is 29.0 Å². The number of fused-ring (bicyclic) bond motifs is 1. The molecule has 0 unspecified atom stereocenters. The summed E-state index contributed by atoms with van der Waals surface area (Å²) in [6.45, 7) is 5.14. The molecule has 0 aliphatic rings. The lowest BCUT2D eigenvalue weighted by Gasteiger charge is -2.08. The summed E-state index contributed by atoms with van der Waals surface area (Å²) in [5.41, 5.74) is 9.38. The SMILES string of the molecule is CCn1nc(C)c2nc(N)n(Cc3cccc(F)c3)c21. The number of hydrogen-bond donors (Lipinski definition) is 1. The normalized spacial score (nSPS) is 11.3. The molecule has 0 amide bonds. The van der Waals surface area contributed by atoms with Crippen LogP contribution < -0.4 is 5.73 Å². The first kappa shape index (κ1) is 12.7. The van der Waals surface area contributed by atoms with Crippen molar-refractivity contribution in [1.29, 1.82) is 0 Å². The molecule has 0 saturated carbocycles. The second kappa shape index (κ2) is 4.63. The van der Waals surface area contributed by atoms with Crippen molar-refractivity contribution in [2.75, 3.05) is 5.73 Å². The molecule has 0 aliphatic heterocycles. The molecule has 2 heterocycles. The number of aryl methyl sites for hydroxylation is 2. The number of hydrogen-bond acceptors (Lipinski definition) is 3. The molecular weight excluding hydrogens is 257 g/mol. The third kappa shape index (κ3) is 1.93. The molecule has 0 fully saturated rings. The zero-order valence-corrected chi connectivity index (χ0v) is 11.5. The highest BCUT2D eigenvalue weighted by atomic mass is 19.1. The molecule has 3 aromatic rings. The highest BCUT2D eigenvalue weighted by Gasteiger charge is 2.16. The number of rotatable bonds is 3. The molecule has 2 N–H and O–H groups in total. The number of nitrogen functional groups attached to an aromatic ring is 1. The van der Waals surface area contributed by atoms with Crippen molar-refractivity contribution in [3.63, 3.8) is 0 Å². The van der Waals surface area contributed by atoms with Gasteiger partial charge in [0.2, 0.25) is 5.95 Å². The van der Waals surface area contributed by atoms with Crippen LogP contribution in [0.3, 0.4) is 0 Å². The molecule has 0 saturated heterocycles. The van der Waals surface area contributed by atoms with E-state index < -0.39 is 0 Å². The Hall–Kier alpha value is -2.37. The molecule has 6 heteroatoms. The number of nitrogens with zero attached hydrogens (tertiary/aromatic N) is 4. The lowest BCUT2D eigenvalue weighted by Crippen LogP contribution is -2.09. The minimum absolute atomic E-state index is 0.252. The fourth-order valence-electron chi connectivity index (χ4n) is 2.44. The molecule has 104 valence electrons. The van der Waals surface area contributed by atoms with E-state index in [1.54, 1.807) is 6.07 Å². The van der Waals surface area contributed by atoms with E-state index in [-0.39, 0.29) is 5.82 Å². The van der Waals surface area contributed by atoms with Crippen molar-refractivity contribution in [3.05, 3.63) is 41.3 Å². The predicted octanol–water partition coefficient (Wildman–Crippen LogP) is 2.33. The molecule has 2 aromatic heterocycles. The van der Waals surface area contributed by atoms with Gasteiger partial charge in [-0.1, -0.05) is 12.1 Å². The summed E-state index contributed by atoms with van der Waals surface area (Å²) < 4.78 is 17.0. The van der Waals surface area contributed by atoms with E-state index >= 15 is 0 Å². The van der Waals surface area contributed by atoms with Gasteiger partial charge in [-0.3, -0.25) is 4.57 Å². The molecule has 1 aromatic carbocycles. The van der Waals surface area contributed by atoms with Gasteiger partial charge in [0.25, 0.3) is 0 Å². The van der Waals surface area contributed by atoms with Gasteiger partial charge in [0.15, 0.2) is 5.65 Å². The Morgan fingerprint density at radius 1 is 1.35 bits per heavy atom. The van der Waals surface area contributed by atoms with Crippen molar-refractivity contribution >= 4 is 17.1 Å². The zero-order valence-electron chi connectivity index (χ0n) is 11.5. The first-order valence-electron chi connectivity index (χ1n) is 6.53. The van der Waals surface area contributed by atoms with E-state index in [9.17, 15) is 4.39 Å². The van der Waals surface area contributed by atoms with Gasteiger partial charge in [0, 0.05) is 6.54 Å². The largest absolute Gasteiger partial charge is 0.369 e. The van der Waals surface area contributed by atoms with Crippen molar-refractivity contribution in [2.24, 2.45) is 0 Å². The summed E-state index contributed by atoms with van der Waals surface area (Å²) in [6.07, 6.45) is 0. The van der Waals surface area contributed by atoms with Crippen LogP contribution in [0, 0.1) is 12.7 Å². The van der Waals surface area contributed by atoms with Gasteiger partial charge in [0.05, 0.1) is 12.2 Å². The Morgan fingerprint density at radius 3 is 2.85 bits per heavy atom. The number of benzene rings is 1. The van der Waals surface area contributed by atoms with Crippen LogP contribution >= 0.6 is 0 Å². The Labute approximate surface area is 115 Å². The van der Waals surface area contributed by atoms with Gasteiger partial charge in [0.1, 0.15) is 11.3 Å². The lowest BCUT2D eigenvalue weighted by molar-refractivity contribution is 0.621. The number of aromatic nitrogens is 4. The Kier molecular flexibility index (Phi) is 2.93. The maximum atomic E-state index is 13.3. The zero-order chi connectivity index (χ0) is 14.3. The number of halogens is 1. The van der Waals surface area contributed by atoms with E-state index in [4.69, 9.17) is 5.73 Å². The van der Waals surface area contributed by atoms with E-state index in [0.29, 0.717) is 12.5 Å². The number of anilines is 1. The molecule has 0 radical (unpaired) electrons. The third-order valence-corrected chi connectivity index (χ3v) is 3.36. The summed E-state index contributed by atoms with van der Waals surface area (Å²) >= 11 is 0. The lowest BCUT2D eigenvalue weighted by atomic mass is 10.2. The summed E-state index contributed by atoms with van der Waals surface area (Å²) in [4.78, 5) is 4.36. The summed E-state index contributed by atoms with van der Waals surface area (Å²) in [6, 6.07) is 6.49. The smallest absolute Gasteiger partial charge is 0.202 e. The highest BCUT2D eigenvalue weighted by molar-refractivity contribution is 5.77. The van der Waals surface area contributed by atoms with Crippen molar-refractivity contribution in [1.82, 2.24) is 19.3 Å². The van der Waals surface area contributed by atoms with Crippen molar-refractivity contribution < 1.29 is 4.39 Å². The minimum Gasteiger partial charge on any atom is -0.369 e. The third-order valence-electron chi connectivity index (χ3n) is 3.36. The Morgan fingerprint density at radius 2 is 2.15 bits per heavy atom. The van der Waals surface area contributed by atoms with Crippen molar-refractivity contribution in [3.8, 4) is 0 Å². The van der Waals surface area contributed by atoms with Crippen LogP contribution in [0.15, 0.2) is 24.3 Å². The number of nitrogens with two attached hydrogens (primary N) is 1. The fraction of sp³-hybridized carbons (Fsp3) is 0.286. The van der Waals surface area contributed by atoms with E-state index in [2.05, 4.69) is 10.1 Å². The maximum Gasteiger partial charge on any atom is 0.202 e. The maximum absolute atomic E-state index is 13.3. The van der Waals surface area contributed by atoms with Gasteiger partial charge in [-0.2, -0.15) is 5.10 Å². The Bertz CT molecular complexity index is 771. The van der Waals surface area contributed by atoms with E-state index in [1.807, 2.05) is 29.2 Å². The molecule has 0 aliphatic carbocycles. The quantitative estimate of drug-likeness (QED) is 0.796. The predicted molar refractivity (Wildman–Crippen MR) is 75.8 cm³/mol. The van der Waals surface area contributed by atoms with Gasteiger partial charge in [-0.05, 0) is 31.5 Å². The second-order valence-corrected chi connectivity index (χ2v) is 4.76. The molecule has 0 bridgehead atoms. The molecule has 3 rings (SSSR count). The topological polar surface area (TPSA) is 61.7 Å². The molecule has 20 heavy (non-hydrogen) atoms. The van der Waals surface area contributed by atoms with Crippen LogP contribution in [0.4, 0.5) is 10.3 Å². The van der Waals surface area contributed by atoms with Crippen molar-refractivity contribution in [2.45, 2.75) is 26.9 Å². The van der Waals surface area contributed by atoms with Gasteiger partial charge in [-0.15, -0.1) is 0 Å². The van der Waals surface area contributed by atoms with Crippen LogP contribution in [0.1, 0.15) is 18.2 Å². The standard InChI is InChI=1S/C14H16FN5/c1-3-20-13-12(9(2)18-20)17-14(16)19(13)8-10-5-4-6-11(15)7-10/h4-7H,3,8H2,1-2H3,(H2,16,17). The van der Waals surface area contributed by atoms with Gasteiger partial charge < -0.3 is 5.73 Å². The molecule has 0 spiro atoms. The van der Waals surface area contributed by atoms with E-state index in [1.165, 1.54) is 12.1 Å². The summed E-state index contributed by atoms with van der Waals surface area (Å²) in [7, 11) is 0. The highest BCUT2D eigenvalue weighted by Crippen LogP contribution is 2.22. The first-order chi connectivity index (χ1) is 9.60. The minimum atomic E-state index is -0.252. The number of imidazole rings is 1. The molecular formula is C14H16FN5. The average Bonchev–Trinajstić information content (AvgIpc) is 2.89. The summed E-state index contributed by atoms with van der Waals surface area (Å²) in [5, 5.41) is 4.43. The molecule has 5 nitrogen and oxygen atoms in total. The van der Waals surface area contributed by atoms with Crippen LogP contribution in [-0.2, 0) is 13.1 Å². The second-order valence-electron chi connectivity index (χ2n) is 4.76. The Balaban J connectivity index is 2.13. The van der Waals surface area contributed by atoms with Crippen LogP contribution in [0.25, 0.3) is 11.2 Å². The average molecular weight is 273 g/mol. The monoisotopic (exact) mass is 273 g/mol. The van der Waals surface area contributed by atoms with Gasteiger partial charge >= 0.3 is 0 Å². The van der Waals surface area contributed by atoms with Crippen LogP contribution in [-0.4, -0.2) is 19.3 Å². The van der Waals surface area contributed by atoms with Crippen LogP contribution in [0.2, 0.25) is 0 Å². The molecule has 0 atom stereocenters. The first-order valence-corrected chi connectivity index (χ1v) is 6.53. The van der Waals surface area contributed by atoms with Crippen LogP contribution in [0.5, 0.6) is 0 Å². The summed E-state index contributed by atoms with van der Waals surface area (Å²) in [5.74, 6) is 0.171. The fourth-order valence-corrected chi connectivity index (χ4v) is 2.44. The van der Waals surface area contributed by atoms with Gasteiger partial charge in [-0.25, -0.2) is 14.1 Å².